The SMILES string of the molecule is NC(=O)c1cccc2c(OCCN3CCCC3)cc(-c3ccccc3)nc12. The number of hydrogen-bond donors (Lipinski definition) is 1. The topological polar surface area (TPSA) is 68.5 Å². The highest BCUT2D eigenvalue weighted by atomic mass is 16.5. The zero-order chi connectivity index (χ0) is 18.6. The van der Waals surface area contributed by atoms with E-state index in [1.807, 2.05) is 48.5 Å². The van der Waals surface area contributed by atoms with Crippen molar-refractivity contribution in [2.75, 3.05) is 26.2 Å². The second kappa shape index (κ2) is 7.76. The second-order valence-corrected chi connectivity index (χ2v) is 6.83. The van der Waals surface area contributed by atoms with E-state index in [9.17, 15) is 4.79 Å². The molecule has 1 fully saturated rings. The van der Waals surface area contributed by atoms with E-state index in [1.54, 1.807) is 6.07 Å². The Hall–Kier alpha value is -2.92. The Morgan fingerprint density at radius 3 is 2.59 bits per heavy atom. The molecular weight excluding hydrogens is 338 g/mol. The highest BCUT2D eigenvalue weighted by Gasteiger charge is 2.15. The number of aromatic nitrogens is 1. The van der Waals surface area contributed by atoms with Crippen LogP contribution in [0.5, 0.6) is 5.75 Å². The van der Waals surface area contributed by atoms with Gasteiger partial charge in [-0.3, -0.25) is 9.69 Å². The van der Waals surface area contributed by atoms with Crippen molar-refractivity contribution in [1.82, 2.24) is 9.88 Å². The normalized spacial score (nSPS) is 14.5. The van der Waals surface area contributed by atoms with Gasteiger partial charge >= 0.3 is 0 Å². The Kier molecular flexibility index (Phi) is 5.03. The van der Waals surface area contributed by atoms with Crippen molar-refractivity contribution < 1.29 is 9.53 Å². The number of amides is 1. The molecule has 138 valence electrons. The van der Waals surface area contributed by atoms with Crippen molar-refractivity contribution in [3.05, 3.63) is 60.2 Å². The van der Waals surface area contributed by atoms with Crippen LogP contribution in [0, 0.1) is 0 Å². The van der Waals surface area contributed by atoms with Gasteiger partial charge in [0, 0.05) is 23.6 Å². The van der Waals surface area contributed by atoms with E-state index in [2.05, 4.69) is 4.90 Å². The number of fused-ring (bicyclic) bond motifs is 1. The fraction of sp³-hybridized carbons (Fsp3) is 0.273. The first-order chi connectivity index (χ1) is 13.2. The van der Waals surface area contributed by atoms with Crippen LogP contribution < -0.4 is 10.5 Å². The quantitative estimate of drug-likeness (QED) is 0.730. The highest BCUT2D eigenvalue weighted by Crippen LogP contribution is 2.31. The number of hydrogen-bond acceptors (Lipinski definition) is 4. The molecular formula is C22H23N3O2. The summed E-state index contributed by atoms with van der Waals surface area (Å²) in [7, 11) is 0. The van der Waals surface area contributed by atoms with E-state index in [4.69, 9.17) is 15.5 Å². The van der Waals surface area contributed by atoms with Gasteiger partial charge in [0.05, 0.1) is 16.8 Å². The van der Waals surface area contributed by atoms with E-state index in [0.29, 0.717) is 17.7 Å². The molecule has 4 rings (SSSR count). The third-order valence-electron chi connectivity index (χ3n) is 5.00. The summed E-state index contributed by atoms with van der Waals surface area (Å²) in [6.07, 6.45) is 2.52. The summed E-state index contributed by atoms with van der Waals surface area (Å²) in [4.78, 5) is 19.0. The third kappa shape index (κ3) is 3.78. The monoisotopic (exact) mass is 361 g/mol. The van der Waals surface area contributed by atoms with Gasteiger partial charge in [0.25, 0.3) is 5.91 Å². The fourth-order valence-corrected chi connectivity index (χ4v) is 3.58. The Balaban J connectivity index is 1.73. The largest absolute Gasteiger partial charge is 0.491 e. The van der Waals surface area contributed by atoms with Gasteiger partial charge in [0.1, 0.15) is 12.4 Å². The molecule has 0 saturated carbocycles. The Morgan fingerprint density at radius 1 is 1.07 bits per heavy atom. The molecule has 27 heavy (non-hydrogen) atoms. The van der Waals surface area contributed by atoms with Crippen LogP contribution in [0.2, 0.25) is 0 Å². The van der Waals surface area contributed by atoms with Crippen molar-refractivity contribution in [3.63, 3.8) is 0 Å². The first-order valence-electron chi connectivity index (χ1n) is 9.36. The Labute approximate surface area is 158 Å². The second-order valence-electron chi connectivity index (χ2n) is 6.83. The van der Waals surface area contributed by atoms with E-state index < -0.39 is 5.91 Å². The predicted octanol–water partition coefficient (Wildman–Crippen LogP) is 3.48. The van der Waals surface area contributed by atoms with Crippen LogP contribution in [0.1, 0.15) is 23.2 Å². The molecule has 1 aliphatic rings. The average Bonchev–Trinajstić information content (AvgIpc) is 3.21. The number of nitrogens with two attached hydrogens (primary N) is 1. The Bertz CT molecular complexity index is 950. The van der Waals surface area contributed by atoms with Crippen molar-refractivity contribution in [3.8, 4) is 17.0 Å². The number of benzene rings is 2. The summed E-state index contributed by atoms with van der Waals surface area (Å²) in [5, 5.41) is 0.812. The molecule has 0 radical (unpaired) electrons. The molecule has 0 aliphatic carbocycles. The molecule has 5 heteroatoms. The van der Waals surface area contributed by atoms with Crippen LogP contribution >= 0.6 is 0 Å². The number of pyridine rings is 1. The van der Waals surface area contributed by atoms with Crippen LogP contribution in [0.15, 0.2) is 54.6 Å². The summed E-state index contributed by atoms with van der Waals surface area (Å²) in [5.41, 5.74) is 8.32. The van der Waals surface area contributed by atoms with Gasteiger partial charge in [-0.05, 0) is 38.1 Å². The molecule has 1 saturated heterocycles. The molecule has 1 aromatic heterocycles. The molecule has 1 aliphatic heterocycles. The summed E-state index contributed by atoms with van der Waals surface area (Å²) in [6, 6.07) is 17.3. The average molecular weight is 361 g/mol. The van der Waals surface area contributed by atoms with Crippen LogP contribution in [-0.4, -0.2) is 42.0 Å². The predicted molar refractivity (Wildman–Crippen MR) is 107 cm³/mol. The van der Waals surface area contributed by atoms with Crippen molar-refractivity contribution in [2.24, 2.45) is 5.73 Å². The van der Waals surface area contributed by atoms with Crippen LogP contribution in [-0.2, 0) is 0 Å². The highest BCUT2D eigenvalue weighted by molar-refractivity contribution is 6.06. The van der Waals surface area contributed by atoms with Gasteiger partial charge in [-0.2, -0.15) is 0 Å². The molecule has 0 atom stereocenters. The van der Waals surface area contributed by atoms with Crippen molar-refractivity contribution >= 4 is 16.8 Å². The first kappa shape index (κ1) is 17.5. The first-order valence-corrected chi connectivity index (χ1v) is 9.36. The number of primary amides is 1. The molecule has 2 N–H and O–H groups in total. The summed E-state index contributed by atoms with van der Waals surface area (Å²) in [5.74, 6) is 0.252. The molecule has 3 aromatic rings. The van der Waals surface area contributed by atoms with Gasteiger partial charge in [-0.25, -0.2) is 4.98 Å². The van der Waals surface area contributed by atoms with Gasteiger partial charge in [-0.15, -0.1) is 0 Å². The van der Waals surface area contributed by atoms with Gasteiger partial charge in [-0.1, -0.05) is 36.4 Å². The molecule has 0 bridgehead atoms. The van der Waals surface area contributed by atoms with E-state index in [1.165, 1.54) is 12.8 Å². The fourth-order valence-electron chi connectivity index (χ4n) is 3.58. The minimum atomic E-state index is -0.485. The lowest BCUT2D eigenvalue weighted by Crippen LogP contribution is -2.25. The number of likely N-dealkylation sites (tertiary alicyclic amines) is 1. The van der Waals surface area contributed by atoms with Gasteiger partial charge in [0.2, 0.25) is 0 Å². The molecule has 0 unspecified atom stereocenters. The minimum Gasteiger partial charge on any atom is -0.491 e. The van der Waals surface area contributed by atoms with Gasteiger partial charge < -0.3 is 10.5 Å². The van der Waals surface area contributed by atoms with Crippen LogP contribution in [0.25, 0.3) is 22.2 Å². The summed E-state index contributed by atoms with van der Waals surface area (Å²) in [6.45, 7) is 3.79. The maximum Gasteiger partial charge on any atom is 0.250 e. The van der Waals surface area contributed by atoms with E-state index >= 15 is 0 Å². The number of carbonyl (C=O) groups is 1. The lowest BCUT2D eigenvalue weighted by atomic mass is 10.1. The molecule has 2 aromatic carbocycles. The van der Waals surface area contributed by atoms with Crippen molar-refractivity contribution in [2.45, 2.75) is 12.8 Å². The molecule has 1 amide bonds. The van der Waals surface area contributed by atoms with E-state index in [-0.39, 0.29) is 0 Å². The lowest BCUT2D eigenvalue weighted by Gasteiger charge is -2.17. The summed E-state index contributed by atoms with van der Waals surface area (Å²) >= 11 is 0. The number of ether oxygens (including phenoxy) is 1. The zero-order valence-electron chi connectivity index (χ0n) is 15.2. The number of nitrogens with zero attached hydrogens (tertiary/aromatic N) is 2. The van der Waals surface area contributed by atoms with E-state index in [0.717, 1.165) is 42.0 Å². The number of rotatable bonds is 6. The van der Waals surface area contributed by atoms with Crippen LogP contribution in [0.3, 0.4) is 0 Å². The van der Waals surface area contributed by atoms with Crippen molar-refractivity contribution in [1.29, 1.82) is 0 Å². The lowest BCUT2D eigenvalue weighted by molar-refractivity contribution is 0.100. The standard InChI is InChI=1S/C22H23N3O2/c23-22(26)18-10-6-9-17-20(27-14-13-25-11-4-5-12-25)15-19(24-21(17)18)16-7-2-1-3-8-16/h1-3,6-10,15H,4-5,11-14H2,(H2,23,26). The maximum atomic E-state index is 11.9. The maximum absolute atomic E-state index is 11.9. The third-order valence-corrected chi connectivity index (χ3v) is 5.00. The van der Waals surface area contributed by atoms with Gasteiger partial charge in [0.15, 0.2) is 0 Å². The minimum absolute atomic E-state index is 0.412. The zero-order valence-corrected chi connectivity index (χ0v) is 15.2. The number of carbonyl (C=O) groups excluding carboxylic acids is 1. The molecule has 5 nitrogen and oxygen atoms in total. The molecule has 2 heterocycles. The smallest absolute Gasteiger partial charge is 0.250 e. The van der Waals surface area contributed by atoms with Crippen LogP contribution in [0.4, 0.5) is 0 Å². The summed E-state index contributed by atoms with van der Waals surface area (Å²) < 4.78 is 6.14. The number of para-hydroxylation sites is 1. The Morgan fingerprint density at radius 2 is 1.85 bits per heavy atom. The molecule has 0 spiro atoms.